The third-order valence-electron chi connectivity index (χ3n) is 5.58. The maximum absolute atomic E-state index is 13.3. The van der Waals surface area contributed by atoms with Crippen LogP contribution in [0.5, 0.6) is 0 Å². The number of hydrogen-bond donors (Lipinski definition) is 1. The van der Waals surface area contributed by atoms with Gasteiger partial charge in [0.05, 0.1) is 23.3 Å². The highest BCUT2D eigenvalue weighted by atomic mass is 32.2. The average Bonchev–Trinajstić information content (AvgIpc) is 3.29. The van der Waals surface area contributed by atoms with E-state index in [9.17, 15) is 9.00 Å². The highest BCUT2D eigenvalue weighted by Crippen LogP contribution is 2.34. The number of rotatable bonds is 7. The van der Waals surface area contributed by atoms with Gasteiger partial charge in [-0.3, -0.25) is 9.40 Å². The second-order valence-corrected chi connectivity index (χ2v) is 12.4. The molecule has 0 fully saturated rings. The van der Waals surface area contributed by atoms with Gasteiger partial charge in [0, 0.05) is 43.0 Å². The van der Waals surface area contributed by atoms with Crippen molar-refractivity contribution >= 4 is 34.7 Å². The highest BCUT2D eigenvalue weighted by Gasteiger charge is 2.30. The summed E-state index contributed by atoms with van der Waals surface area (Å²) in [5.74, 6) is 0.677. The molecule has 0 aliphatic rings. The summed E-state index contributed by atoms with van der Waals surface area (Å²) >= 11 is 0. The molecule has 0 aliphatic heterocycles. The Morgan fingerprint density at radius 2 is 1.68 bits per heavy atom. The molecular weight excluding hydrogens is 528 g/mol. The number of anilines is 3. The molecule has 0 bridgehead atoms. The molecule has 1 unspecified atom stereocenters. The zero-order valence-electron chi connectivity index (χ0n) is 23.7. The molecule has 3 heterocycles. The van der Waals surface area contributed by atoms with Crippen LogP contribution in [0.15, 0.2) is 61.3 Å². The third kappa shape index (κ3) is 7.26. The molecule has 3 aromatic heterocycles. The van der Waals surface area contributed by atoms with Gasteiger partial charge in [-0.1, -0.05) is 51.1 Å². The van der Waals surface area contributed by atoms with E-state index in [0.717, 1.165) is 11.1 Å². The number of amides is 1. The molecule has 1 atom stereocenters. The van der Waals surface area contributed by atoms with Crippen LogP contribution in [-0.2, 0) is 33.9 Å². The lowest BCUT2D eigenvalue weighted by Crippen LogP contribution is -2.35. The first-order valence-electron chi connectivity index (χ1n) is 12.7. The minimum absolute atomic E-state index is 0.122. The number of carbonyl (C=O) groups is 1. The van der Waals surface area contributed by atoms with E-state index in [0.29, 0.717) is 22.7 Å². The van der Waals surface area contributed by atoms with Gasteiger partial charge >= 0.3 is 6.09 Å². The van der Waals surface area contributed by atoms with Crippen LogP contribution in [0.4, 0.5) is 22.4 Å². The van der Waals surface area contributed by atoms with Gasteiger partial charge in [-0.15, -0.1) is 0 Å². The molecule has 0 aliphatic carbocycles. The maximum Gasteiger partial charge on any atom is 0.422 e. The van der Waals surface area contributed by atoms with Crippen molar-refractivity contribution < 1.29 is 13.7 Å². The number of ether oxygens (including phenoxy) is 1. The molecule has 4 rings (SSSR count). The molecule has 11 nitrogen and oxygen atoms in total. The van der Waals surface area contributed by atoms with Crippen molar-refractivity contribution in [3.05, 3.63) is 72.4 Å². The third-order valence-corrected chi connectivity index (χ3v) is 6.59. The van der Waals surface area contributed by atoms with Crippen LogP contribution < -0.4 is 9.62 Å². The molecule has 40 heavy (non-hydrogen) atoms. The number of aryl methyl sites for hydroxylation is 1. The first kappa shape index (κ1) is 28.8. The second kappa shape index (κ2) is 11.5. The fourth-order valence-corrected chi connectivity index (χ4v) is 4.63. The molecule has 0 saturated carbocycles. The fourth-order valence-electron chi connectivity index (χ4n) is 3.75. The van der Waals surface area contributed by atoms with Gasteiger partial charge in [-0.05, 0) is 31.7 Å². The number of nitrogens with zero attached hydrogens (tertiary/aromatic N) is 7. The van der Waals surface area contributed by atoms with E-state index in [1.165, 1.54) is 4.90 Å². The normalized spacial score (nSPS) is 12.6. The molecule has 1 N–H and O–H groups in total. The molecule has 1 aromatic carbocycles. The van der Waals surface area contributed by atoms with Crippen molar-refractivity contribution in [3.8, 4) is 11.3 Å². The molecule has 0 radical (unpaired) electrons. The minimum Gasteiger partial charge on any atom is -0.443 e. The molecule has 0 saturated heterocycles. The zero-order chi connectivity index (χ0) is 29.1. The lowest BCUT2D eigenvalue weighted by Gasteiger charge is -2.27. The summed E-state index contributed by atoms with van der Waals surface area (Å²) in [5, 5.41) is 4.20. The summed E-state index contributed by atoms with van der Waals surface area (Å²) in [6, 6.07) is 9.54. The minimum atomic E-state index is -1.40. The van der Waals surface area contributed by atoms with Gasteiger partial charge in [-0.25, -0.2) is 33.8 Å². The zero-order valence-corrected chi connectivity index (χ0v) is 24.6. The van der Waals surface area contributed by atoms with Crippen molar-refractivity contribution in [1.82, 2.24) is 29.7 Å². The number of benzene rings is 1. The molecule has 12 heteroatoms. The monoisotopic (exact) mass is 562 g/mol. The fraction of sp³-hybridized carbons (Fsp3) is 0.357. The lowest BCUT2D eigenvalue weighted by molar-refractivity contribution is 0.0597. The average molecular weight is 563 g/mol. The lowest BCUT2D eigenvalue weighted by atomic mass is 9.85. The van der Waals surface area contributed by atoms with Crippen molar-refractivity contribution in [2.24, 2.45) is 7.05 Å². The Bertz CT molecular complexity index is 1490. The molecule has 1 amide bonds. The number of hydrogen-bond acceptors (Lipinski definition) is 8. The standard InChI is InChI=1S/C28H34N8O3S/c1-27(2,3)22-16-31-25(36(21-15-32-35(7)17-21)26(37)39-28(4,5)6)33-23(22)20-13-29-24(30-14-20)34-40(38)18-19-11-9-8-10-12-19/h8-17H,18H2,1-7H3,(H,29,30,34). The summed E-state index contributed by atoms with van der Waals surface area (Å²) in [5.41, 5.74) is 2.36. The number of nitrogens with one attached hydrogen (secondary N) is 1. The van der Waals surface area contributed by atoms with Crippen LogP contribution in [-0.4, -0.2) is 45.6 Å². The largest absolute Gasteiger partial charge is 0.443 e. The van der Waals surface area contributed by atoms with E-state index in [-0.39, 0.29) is 17.3 Å². The van der Waals surface area contributed by atoms with Crippen molar-refractivity contribution in [2.75, 3.05) is 9.62 Å². The maximum atomic E-state index is 13.3. The van der Waals surface area contributed by atoms with Gasteiger partial charge in [-0.2, -0.15) is 5.10 Å². The number of aromatic nitrogens is 6. The van der Waals surface area contributed by atoms with E-state index in [1.54, 1.807) is 63.5 Å². The van der Waals surface area contributed by atoms with Crippen molar-refractivity contribution in [2.45, 2.75) is 58.3 Å². The predicted molar refractivity (Wildman–Crippen MR) is 155 cm³/mol. The SMILES string of the molecule is Cn1cc(N(C(=O)OC(C)(C)C)c2ncc(C(C)(C)C)c(-c3cnc(NS(=O)Cc4ccccc4)nc3)n2)cn1. The van der Waals surface area contributed by atoms with Crippen molar-refractivity contribution in [3.63, 3.8) is 0 Å². The Hall–Kier alpha value is -4.19. The van der Waals surface area contributed by atoms with Crippen LogP contribution in [0, 0.1) is 0 Å². The van der Waals surface area contributed by atoms with Crippen LogP contribution in [0.2, 0.25) is 0 Å². The van der Waals surface area contributed by atoms with Crippen LogP contribution in [0.3, 0.4) is 0 Å². The van der Waals surface area contributed by atoms with Gasteiger partial charge in [0.25, 0.3) is 0 Å². The predicted octanol–water partition coefficient (Wildman–Crippen LogP) is 5.31. The molecule has 4 aromatic rings. The van der Waals surface area contributed by atoms with E-state index >= 15 is 0 Å². The summed E-state index contributed by atoms with van der Waals surface area (Å²) in [4.78, 5) is 32.7. The Labute approximate surface area is 236 Å². The Kier molecular flexibility index (Phi) is 8.29. The van der Waals surface area contributed by atoms with Crippen LogP contribution in [0.1, 0.15) is 52.7 Å². The number of carbonyl (C=O) groups excluding carboxylic acids is 1. The van der Waals surface area contributed by atoms with E-state index < -0.39 is 22.7 Å². The second-order valence-electron chi connectivity index (χ2n) is 11.2. The van der Waals surface area contributed by atoms with E-state index in [1.807, 2.05) is 51.1 Å². The molecule has 210 valence electrons. The van der Waals surface area contributed by atoms with Gasteiger partial charge in [0.15, 0.2) is 0 Å². The van der Waals surface area contributed by atoms with Crippen molar-refractivity contribution in [1.29, 1.82) is 0 Å². The molecular formula is C28H34N8O3S. The smallest absolute Gasteiger partial charge is 0.422 e. The van der Waals surface area contributed by atoms with Gasteiger partial charge < -0.3 is 4.74 Å². The topological polar surface area (TPSA) is 128 Å². The first-order chi connectivity index (χ1) is 18.8. The Morgan fingerprint density at radius 1 is 1.00 bits per heavy atom. The highest BCUT2D eigenvalue weighted by molar-refractivity contribution is 7.85. The van der Waals surface area contributed by atoms with E-state index in [4.69, 9.17) is 9.72 Å². The quantitative estimate of drug-likeness (QED) is 0.321. The Balaban J connectivity index is 1.69. The Morgan fingerprint density at radius 3 is 2.25 bits per heavy atom. The summed E-state index contributed by atoms with van der Waals surface area (Å²) in [6.45, 7) is 11.5. The van der Waals surface area contributed by atoms with Crippen LogP contribution in [0.25, 0.3) is 11.3 Å². The van der Waals surface area contributed by atoms with E-state index in [2.05, 4.69) is 24.8 Å². The van der Waals surface area contributed by atoms with Crippen LogP contribution >= 0.6 is 0 Å². The summed E-state index contributed by atoms with van der Waals surface area (Å²) in [6.07, 6.45) is 7.52. The molecule has 0 spiro atoms. The van der Waals surface area contributed by atoms with Gasteiger partial charge in [0.1, 0.15) is 16.6 Å². The van der Waals surface area contributed by atoms with Gasteiger partial charge in [0.2, 0.25) is 11.9 Å². The summed E-state index contributed by atoms with van der Waals surface area (Å²) in [7, 11) is 0.354. The first-order valence-corrected chi connectivity index (χ1v) is 14.0. The summed E-state index contributed by atoms with van der Waals surface area (Å²) < 4.78 is 22.7.